The molecule has 3 nitrogen and oxygen atoms in total. The van der Waals surface area contributed by atoms with Crippen LogP contribution in [0.5, 0.6) is 0 Å². The molecule has 0 aromatic carbocycles. The standard InChI is InChI=1S/C11H16O3S/c1-3-13-11(12)7-9(2)15-8-10-5-4-6-14-10/h4-6,9H,3,7-8H2,1-2H3. The van der Waals surface area contributed by atoms with Crippen molar-refractivity contribution >= 4 is 17.7 Å². The molecular formula is C11H16O3S. The highest BCUT2D eigenvalue weighted by Crippen LogP contribution is 2.20. The average Bonchev–Trinajstić information content (AvgIpc) is 2.67. The number of thioether (sulfide) groups is 1. The van der Waals surface area contributed by atoms with Gasteiger partial charge in [-0.1, -0.05) is 6.92 Å². The second-order valence-corrected chi connectivity index (χ2v) is 4.64. The van der Waals surface area contributed by atoms with Crippen LogP contribution < -0.4 is 0 Å². The number of carbonyl (C=O) groups is 1. The first kappa shape index (κ1) is 12.2. The Morgan fingerprint density at radius 1 is 1.67 bits per heavy atom. The fourth-order valence-electron chi connectivity index (χ4n) is 1.13. The molecule has 0 N–H and O–H groups in total. The van der Waals surface area contributed by atoms with Crippen LogP contribution in [-0.4, -0.2) is 17.8 Å². The molecule has 1 atom stereocenters. The summed E-state index contributed by atoms with van der Waals surface area (Å²) in [7, 11) is 0. The Kier molecular flexibility index (Phi) is 5.32. The lowest BCUT2D eigenvalue weighted by Gasteiger charge is -2.08. The lowest BCUT2D eigenvalue weighted by Crippen LogP contribution is -2.10. The average molecular weight is 228 g/mol. The monoisotopic (exact) mass is 228 g/mol. The Balaban J connectivity index is 2.18. The van der Waals surface area contributed by atoms with E-state index in [1.54, 1.807) is 18.0 Å². The maximum absolute atomic E-state index is 11.2. The third-order valence-corrected chi connectivity index (χ3v) is 3.04. The molecule has 15 heavy (non-hydrogen) atoms. The van der Waals surface area contributed by atoms with Crippen molar-refractivity contribution in [1.82, 2.24) is 0 Å². The predicted molar refractivity (Wildman–Crippen MR) is 60.7 cm³/mol. The summed E-state index contributed by atoms with van der Waals surface area (Å²) in [6.45, 7) is 4.29. The van der Waals surface area contributed by atoms with E-state index in [-0.39, 0.29) is 11.2 Å². The molecule has 1 aromatic rings. The van der Waals surface area contributed by atoms with E-state index in [9.17, 15) is 4.79 Å². The highest BCUT2D eigenvalue weighted by molar-refractivity contribution is 7.99. The molecule has 4 heteroatoms. The van der Waals surface area contributed by atoms with Crippen molar-refractivity contribution in [3.63, 3.8) is 0 Å². The Hall–Kier alpha value is -0.900. The van der Waals surface area contributed by atoms with Gasteiger partial charge in [0.05, 0.1) is 25.0 Å². The molecule has 0 saturated heterocycles. The maximum Gasteiger partial charge on any atom is 0.306 e. The second kappa shape index (κ2) is 6.56. The van der Waals surface area contributed by atoms with E-state index in [0.717, 1.165) is 11.5 Å². The van der Waals surface area contributed by atoms with Crippen LogP contribution in [-0.2, 0) is 15.3 Å². The topological polar surface area (TPSA) is 39.4 Å². The van der Waals surface area contributed by atoms with Crippen molar-refractivity contribution in [1.29, 1.82) is 0 Å². The third-order valence-electron chi connectivity index (χ3n) is 1.85. The van der Waals surface area contributed by atoms with E-state index in [2.05, 4.69) is 0 Å². The molecule has 0 bridgehead atoms. The van der Waals surface area contributed by atoms with Gasteiger partial charge >= 0.3 is 5.97 Å². The second-order valence-electron chi connectivity index (χ2n) is 3.21. The molecule has 84 valence electrons. The number of hydrogen-bond donors (Lipinski definition) is 0. The van der Waals surface area contributed by atoms with E-state index < -0.39 is 0 Å². The first-order valence-corrected chi connectivity index (χ1v) is 6.07. The molecule has 1 unspecified atom stereocenters. The fraction of sp³-hybridized carbons (Fsp3) is 0.545. The van der Waals surface area contributed by atoms with E-state index >= 15 is 0 Å². The van der Waals surface area contributed by atoms with E-state index in [1.807, 2.05) is 26.0 Å². The Labute approximate surface area is 94.2 Å². The molecular weight excluding hydrogens is 212 g/mol. The van der Waals surface area contributed by atoms with E-state index in [1.165, 1.54) is 0 Å². The number of hydrogen-bond acceptors (Lipinski definition) is 4. The molecule has 0 aliphatic rings. The van der Waals surface area contributed by atoms with Gasteiger partial charge in [0.15, 0.2) is 0 Å². The first-order chi connectivity index (χ1) is 7.22. The van der Waals surface area contributed by atoms with Gasteiger partial charge in [-0.3, -0.25) is 4.79 Å². The molecule has 0 amide bonds. The summed E-state index contributed by atoms with van der Waals surface area (Å²) in [5.74, 6) is 1.61. The normalized spacial score (nSPS) is 12.4. The maximum atomic E-state index is 11.2. The summed E-state index contributed by atoms with van der Waals surface area (Å²) in [6, 6.07) is 3.80. The number of furan rings is 1. The number of ether oxygens (including phenoxy) is 1. The van der Waals surface area contributed by atoms with E-state index in [4.69, 9.17) is 9.15 Å². The molecule has 0 fully saturated rings. The van der Waals surface area contributed by atoms with E-state index in [0.29, 0.717) is 13.0 Å². The zero-order chi connectivity index (χ0) is 11.1. The van der Waals surface area contributed by atoms with Crippen molar-refractivity contribution in [2.45, 2.75) is 31.3 Å². The highest BCUT2D eigenvalue weighted by atomic mass is 32.2. The summed E-state index contributed by atoms with van der Waals surface area (Å²) in [6.07, 6.45) is 2.12. The van der Waals surface area contributed by atoms with Gasteiger partial charge in [0.25, 0.3) is 0 Å². The SMILES string of the molecule is CCOC(=O)CC(C)SCc1ccco1. The van der Waals surface area contributed by atoms with Gasteiger partial charge in [0.2, 0.25) is 0 Å². The molecule has 0 spiro atoms. The minimum Gasteiger partial charge on any atom is -0.468 e. The fourth-order valence-corrected chi connectivity index (χ4v) is 2.00. The minimum absolute atomic E-state index is 0.128. The van der Waals surface area contributed by atoms with Crippen molar-refractivity contribution < 1.29 is 13.9 Å². The van der Waals surface area contributed by atoms with Crippen molar-refractivity contribution in [3.8, 4) is 0 Å². The first-order valence-electron chi connectivity index (χ1n) is 5.02. The largest absolute Gasteiger partial charge is 0.468 e. The molecule has 1 rings (SSSR count). The Bertz CT molecular complexity index is 282. The van der Waals surface area contributed by atoms with Crippen LogP contribution in [0.25, 0.3) is 0 Å². The number of carbonyl (C=O) groups excluding carboxylic acids is 1. The van der Waals surface area contributed by atoms with Gasteiger partial charge in [0, 0.05) is 5.25 Å². The quantitative estimate of drug-likeness (QED) is 0.702. The van der Waals surface area contributed by atoms with Crippen LogP contribution in [0.1, 0.15) is 26.0 Å². The summed E-state index contributed by atoms with van der Waals surface area (Å²) in [5.41, 5.74) is 0. The zero-order valence-corrected chi connectivity index (χ0v) is 9.88. The third kappa shape index (κ3) is 4.93. The number of rotatable bonds is 6. The Morgan fingerprint density at radius 3 is 3.07 bits per heavy atom. The molecule has 0 saturated carbocycles. The van der Waals surface area contributed by atoms with Crippen LogP contribution in [0.2, 0.25) is 0 Å². The summed E-state index contributed by atoms with van der Waals surface area (Å²) < 4.78 is 10.1. The lowest BCUT2D eigenvalue weighted by atomic mass is 10.3. The van der Waals surface area contributed by atoms with Gasteiger partial charge in [-0.25, -0.2) is 0 Å². The molecule has 0 radical (unpaired) electrons. The molecule has 1 aromatic heterocycles. The van der Waals surface area contributed by atoms with Crippen LogP contribution in [0, 0.1) is 0 Å². The van der Waals surface area contributed by atoms with Crippen molar-refractivity contribution in [2.24, 2.45) is 0 Å². The van der Waals surface area contributed by atoms with Crippen LogP contribution in [0.4, 0.5) is 0 Å². The number of esters is 1. The van der Waals surface area contributed by atoms with Crippen LogP contribution >= 0.6 is 11.8 Å². The molecule has 0 aliphatic carbocycles. The van der Waals surface area contributed by atoms with Crippen molar-refractivity contribution in [2.75, 3.05) is 6.61 Å². The van der Waals surface area contributed by atoms with Gasteiger partial charge in [-0.15, -0.1) is 0 Å². The van der Waals surface area contributed by atoms with Gasteiger partial charge < -0.3 is 9.15 Å². The zero-order valence-electron chi connectivity index (χ0n) is 9.06. The smallest absolute Gasteiger partial charge is 0.306 e. The summed E-state index contributed by atoms with van der Waals surface area (Å²) >= 11 is 1.69. The van der Waals surface area contributed by atoms with Gasteiger partial charge in [0.1, 0.15) is 5.76 Å². The van der Waals surface area contributed by atoms with Crippen LogP contribution in [0.15, 0.2) is 22.8 Å². The summed E-state index contributed by atoms with van der Waals surface area (Å²) in [5, 5.41) is 0.258. The minimum atomic E-state index is -0.128. The molecule has 0 aliphatic heterocycles. The van der Waals surface area contributed by atoms with Gasteiger partial charge in [-0.2, -0.15) is 11.8 Å². The Morgan fingerprint density at radius 2 is 2.47 bits per heavy atom. The highest BCUT2D eigenvalue weighted by Gasteiger charge is 2.10. The lowest BCUT2D eigenvalue weighted by molar-refractivity contribution is -0.142. The molecule has 1 heterocycles. The van der Waals surface area contributed by atoms with Crippen molar-refractivity contribution in [3.05, 3.63) is 24.2 Å². The summed E-state index contributed by atoms with van der Waals surface area (Å²) in [4.78, 5) is 11.2. The predicted octanol–water partition coefficient (Wildman–Crippen LogP) is 2.85. The van der Waals surface area contributed by atoms with Crippen LogP contribution in [0.3, 0.4) is 0 Å². The van der Waals surface area contributed by atoms with Gasteiger partial charge in [-0.05, 0) is 19.1 Å².